The largest absolute Gasteiger partial charge is 0.387 e. The van der Waals surface area contributed by atoms with Gasteiger partial charge in [-0.3, -0.25) is 9.69 Å². The van der Waals surface area contributed by atoms with Crippen LogP contribution < -0.4 is 5.32 Å². The Morgan fingerprint density at radius 2 is 1.92 bits per heavy atom. The lowest BCUT2D eigenvalue weighted by molar-refractivity contribution is -0.135. The summed E-state index contributed by atoms with van der Waals surface area (Å²) in [6.45, 7) is 6.19. The minimum Gasteiger partial charge on any atom is -0.387 e. The van der Waals surface area contributed by atoms with E-state index in [0.717, 1.165) is 11.3 Å². The van der Waals surface area contributed by atoms with Gasteiger partial charge in [0.2, 0.25) is 0 Å². The number of imide groups is 1. The third kappa shape index (κ3) is 3.40. The molecule has 1 aromatic rings. The molecule has 0 unspecified atom stereocenters. The maximum absolute atomic E-state index is 13.0. The minimum atomic E-state index is -1.04. The zero-order chi connectivity index (χ0) is 18.4. The molecule has 3 rings (SSSR count). The van der Waals surface area contributed by atoms with Crippen molar-refractivity contribution >= 4 is 11.9 Å². The van der Waals surface area contributed by atoms with Gasteiger partial charge in [0, 0.05) is 0 Å². The molecule has 3 atom stereocenters. The first-order valence-corrected chi connectivity index (χ1v) is 8.70. The van der Waals surface area contributed by atoms with Gasteiger partial charge in [0.1, 0.15) is 11.4 Å². The smallest absolute Gasteiger partial charge is 0.325 e. The van der Waals surface area contributed by atoms with Crippen molar-refractivity contribution in [1.29, 1.82) is 0 Å². The predicted molar refractivity (Wildman–Crippen MR) is 91.1 cm³/mol. The van der Waals surface area contributed by atoms with Gasteiger partial charge in [-0.25, -0.2) is 9.18 Å². The lowest BCUT2D eigenvalue weighted by Gasteiger charge is -2.43. The Bertz CT molecular complexity index is 688. The number of hydrogen-bond donors (Lipinski definition) is 2. The number of carbonyl (C=O) groups is 2. The van der Waals surface area contributed by atoms with E-state index in [1.54, 1.807) is 0 Å². The van der Waals surface area contributed by atoms with E-state index in [1.807, 2.05) is 0 Å². The summed E-state index contributed by atoms with van der Waals surface area (Å²) in [6.07, 6.45) is 1.18. The van der Waals surface area contributed by atoms with Gasteiger partial charge >= 0.3 is 6.03 Å². The summed E-state index contributed by atoms with van der Waals surface area (Å²) in [4.78, 5) is 26.5. The number of urea groups is 1. The summed E-state index contributed by atoms with van der Waals surface area (Å²) in [6, 6.07) is 4.95. The predicted octanol–water partition coefficient (Wildman–Crippen LogP) is 3.00. The Hall–Kier alpha value is -1.95. The number of rotatable bonds is 3. The molecule has 0 bridgehead atoms. The molecule has 1 heterocycles. The van der Waals surface area contributed by atoms with E-state index in [-0.39, 0.29) is 17.9 Å². The molecule has 2 fully saturated rings. The fraction of sp³-hybridized carbons (Fsp3) is 0.579. The number of nitrogens with zero attached hydrogens (tertiary/aromatic N) is 1. The number of hydrogen-bond acceptors (Lipinski definition) is 3. The highest BCUT2D eigenvalue weighted by Crippen LogP contribution is 2.46. The van der Waals surface area contributed by atoms with Crippen LogP contribution in [0.5, 0.6) is 0 Å². The van der Waals surface area contributed by atoms with Gasteiger partial charge in [-0.1, -0.05) is 32.9 Å². The van der Waals surface area contributed by atoms with Crippen LogP contribution in [0.4, 0.5) is 9.18 Å². The van der Waals surface area contributed by atoms with E-state index in [9.17, 15) is 19.1 Å². The number of nitrogens with one attached hydrogen (secondary N) is 1. The van der Waals surface area contributed by atoms with Gasteiger partial charge in [-0.2, -0.15) is 0 Å². The summed E-state index contributed by atoms with van der Waals surface area (Å²) >= 11 is 0. The van der Waals surface area contributed by atoms with Crippen LogP contribution in [0.15, 0.2) is 24.3 Å². The van der Waals surface area contributed by atoms with Crippen molar-refractivity contribution in [2.75, 3.05) is 6.54 Å². The van der Waals surface area contributed by atoms with E-state index < -0.39 is 23.5 Å². The molecule has 0 radical (unpaired) electrons. The summed E-state index contributed by atoms with van der Waals surface area (Å²) in [5, 5.41) is 13.2. The van der Waals surface area contributed by atoms with Crippen LogP contribution in [0.2, 0.25) is 0 Å². The number of carbonyl (C=O) groups excluding carboxylic acids is 2. The Morgan fingerprint density at radius 3 is 2.52 bits per heavy atom. The molecule has 25 heavy (non-hydrogen) atoms. The van der Waals surface area contributed by atoms with E-state index in [1.165, 1.54) is 24.3 Å². The maximum Gasteiger partial charge on any atom is 0.325 e. The van der Waals surface area contributed by atoms with Crippen LogP contribution in [0, 0.1) is 17.2 Å². The summed E-state index contributed by atoms with van der Waals surface area (Å²) in [5.41, 5.74) is -0.437. The number of benzene rings is 1. The molecule has 136 valence electrons. The zero-order valence-electron chi connectivity index (χ0n) is 14.9. The zero-order valence-corrected chi connectivity index (χ0v) is 14.9. The lowest BCUT2D eigenvalue weighted by Crippen LogP contribution is -2.54. The monoisotopic (exact) mass is 348 g/mol. The molecular formula is C19H25FN2O3. The lowest BCUT2D eigenvalue weighted by atomic mass is 9.64. The SMILES string of the molecule is C[C@@H]1CC(C)(C)C[C@@]2(C1)NC(=O)N(C[C@@H](O)c1ccc(F)cc1)C2=O. The molecule has 1 spiro atoms. The van der Waals surface area contributed by atoms with Crippen molar-refractivity contribution in [3.8, 4) is 0 Å². The Labute approximate surface area is 147 Å². The van der Waals surface area contributed by atoms with Crippen LogP contribution in [0.1, 0.15) is 51.7 Å². The quantitative estimate of drug-likeness (QED) is 0.825. The Morgan fingerprint density at radius 1 is 1.28 bits per heavy atom. The normalized spacial score (nSPS) is 29.8. The maximum atomic E-state index is 13.0. The van der Waals surface area contributed by atoms with Crippen LogP contribution in [0.25, 0.3) is 0 Å². The Kier molecular flexibility index (Phi) is 4.35. The van der Waals surface area contributed by atoms with Crippen LogP contribution >= 0.6 is 0 Å². The highest BCUT2D eigenvalue weighted by atomic mass is 19.1. The standard InChI is InChI=1S/C19H25FN2O3/c1-12-8-18(2,3)11-19(9-12)16(24)22(17(25)21-19)10-15(23)13-4-6-14(20)7-5-13/h4-7,12,15,23H,8-11H2,1-3H3,(H,21,25)/t12-,15-,19-/m1/s1. The summed E-state index contributed by atoms with van der Waals surface area (Å²) in [5.74, 6) is -0.337. The number of β-amino-alcohol motifs (C(OH)–C–C–N with tert-alkyl or cyclic N) is 1. The number of aliphatic hydroxyl groups is 1. The minimum absolute atomic E-state index is 0.0355. The second kappa shape index (κ2) is 6.09. The highest BCUT2D eigenvalue weighted by Gasteiger charge is 2.56. The van der Waals surface area contributed by atoms with Crippen LogP contribution in [0.3, 0.4) is 0 Å². The molecule has 2 aliphatic rings. The molecule has 3 amide bonds. The van der Waals surface area contributed by atoms with E-state index in [0.29, 0.717) is 24.3 Å². The summed E-state index contributed by atoms with van der Waals surface area (Å²) < 4.78 is 13.0. The van der Waals surface area contributed by atoms with Gasteiger partial charge < -0.3 is 10.4 Å². The molecule has 6 heteroatoms. The van der Waals surface area contributed by atoms with Gasteiger partial charge in [-0.15, -0.1) is 0 Å². The first kappa shape index (κ1) is 17.9. The van der Waals surface area contributed by atoms with Gasteiger partial charge in [0.15, 0.2) is 0 Å². The van der Waals surface area contributed by atoms with E-state index in [2.05, 4.69) is 26.1 Å². The third-order valence-corrected chi connectivity index (χ3v) is 5.23. The van der Waals surface area contributed by atoms with Crippen molar-refractivity contribution in [3.05, 3.63) is 35.6 Å². The second-order valence-corrected chi connectivity index (χ2v) is 8.35. The molecular weight excluding hydrogens is 323 g/mol. The summed E-state index contributed by atoms with van der Waals surface area (Å²) in [7, 11) is 0. The molecule has 1 saturated carbocycles. The third-order valence-electron chi connectivity index (χ3n) is 5.23. The Balaban J connectivity index is 1.78. The van der Waals surface area contributed by atoms with Crippen LogP contribution in [-0.2, 0) is 4.79 Å². The van der Waals surface area contributed by atoms with Crippen molar-refractivity contribution in [3.63, 3.8) is 0 Å². The highest BCUT2D eigenvalue weighted by molar-refractivity contribution is 6.07. The molecule has 1 aromatic carbocycles. The van der Waals surface area contributed by atoms with Crippen molar-refractivity contribution < 1.29 is 19.1 Å². The van der Waals surface area contributed by atoms with E-state index in [4.69, 9.17) is 0 Å². The molecule has 0 aromatic heterocycles. The number of amides is 3. The van der Waals surface area contributed by atoms with Gasteiger partial charge in [0.25, 0.3) is 5.91 Å². The first-order chi connectivity index (χ1) is 11.6. The number of halogens is 1. The second-order valence-electron chi connectivity index (χ2n) is 8.35. The molecule has 1 aliphatic carbocycles. The van der Waals surface area contributed by atoms with Gasteiger partial charge in [-0.05, 0) is 48.3 Å². The first-order valence-electron chi connectivity index (χ1n) is 8.70. The van der Waals surface area contributed by atoms with Crippen LogP contribution in [-0.4, -0.2) is 34.0 Å². The van der Waals surface area contributed by atoms with Crippen molar-refractivity contribution in [2.24, 2.45) is 11.3 Å². The number of aliphatic hydroxyl groups excluding tert-OH is 1. The van der Waals surface area contributed by atoms with Gasteiger partial charge in [0.05, 0.1) is 12.6 Å². The topological polar surface area (TPSA) is 69.6 Å². The molecule has 1 saturated heterocycles. The average Bonchev–Trinajstić information content (AvgIpc) is 2.69. The van der Waals surface area contributed by atoms with E-state index >= 15 is 0 Å². The van der Waals surface area contributed by atoms with Crippen molar-refractivity contribution in [1.82, 2.24) is 10.2 Å². The van der Waals surface area contributed by atoms with Crippen molar-refractivity contribution in [2.45, 2.75) is 51.7 Å². The fourth-order valence-corrected chi connectivity index (χ4v) is 4.64. The fourth-order valence-electron chi connectivity index (χ4n) is 4.64. The molecule has 1 aliphatic heterocycles. The average molecular weight is 348 g/mol. The molecule has 2 N–H and O–H groups in total. The molecule has 5 nitrogen and oxygen atoms in total.